The Bertz CT molecular complexity index is 277. The second kappa shape index (κ2) is 3.78. The van der Waals surface area contributed by atoms with Crippen LogP contribution in [0.4, 0.5) is 4.39 Å². The summed E-state index contributed by atoms with van der Waals surface area (Å²) in [5.41, 5.74) is 0. The summed E-state index contributed by atoms with van der Waals surface area (Å²) >= 11 is 10.3. The number of hydrogen-bond acceptors (Lipinski definition) is 1. The summed E-state index contributed by atoms with van der Waals surface area (Å²) in [4.78, 5) is 0.875. The van der Waals surface area contributed by atoms with Crippen molar-refractivity contribution in [2.45, 2.75) is 4.90 Å². The first-order valence-corrected chi connectivity index (χ1v) is 5.24. The van der Waals surface area contributed by atoms with Crippen LogP contribution in [-0.4, -0.2) is 6.26 Å². The number of halogens is 3. The highest BCUT2D eigenvalue weighted by Gasteiger charge is 2.07. The summed E-state index contributed by atoms with van der Waals surface area (Å²) in [5.74, 6) is -0.326. The zero-order valence-electron chi connectivity index (χ0n) is 5.70. The monoisotopic (exact) mass is 254 g/mol. The Labute approximate surface area is 82.3 Å². The normalized spacial score (nSPS) is 10.2. The van der Waals surface area contributed by atoms with E-state index in [9.17, 15) is 4.39 Å². The molecule has 0 spiro atoms. The average molecular weight is 256 g/mol. The highest BCUT2D eigenvalue weighted by molar-refractivity contribution is 9.10. The molecule has 0 radical (unpaired) electrons. The van der Waals surface area contributed by atoms with Gasteiger partial charge in [0.05, 0.1) is 9.50 Å². The van der Waals surface area contributed by atoms with Crippen molar-refractivity contribution in [2.75, 3.05) is 6.26 Å². The number of rotatable bonds is 1. The van der Waals surface area contributed by atoms with Gasteiger partial charge >= 0.3 is 0 Å². The molecule has 0 amide bonds. The zero-order chi connectivity index (χ0) is 8.43. The van der Waals surface area contributed by atoms with Gasteiger partial charge in [0.15, 0.2) is 0 Å². The molecule has 0 heterocycles. The first-order chi connectivity index (χ1) is 5.16. The van der Waals surface area contributed by atoms with Crippen LogP contribution in [0.5, 0.6) is 0 Å². The topological polar surface area (TPSA) is 0 Å². The Morgan fingerprint density at radius 2 is 2.18 bits per heavy atom. The van der Waals surface area contributed by atoms with Crippen molar-refractivity contribution in [1.29, 1.82) is 0 Å². The maximum Gasteiger partial charge on any atom is 0.138 e. The molecule has 0 N–H and O–H groups in total. The molecule has 60 valence electrons. The molecule has 0 nitrogen and oxygen atoms in total. The second-order valence-electron chi connectivity index (χ2n) is 1.88. The van der Waals surface area contributed by atoms with E-state index in [4.69, 9.17) is 11.6 Å². The number of hydrogen-bond donors (Lipinski definition) is 0. The third-order valence-corrected chi connectivity index (χ3v) is 3.51. The first-order valence-electron chi connectivity index (χ1n) is 2.84. The molecule has 0 aromatic heterocycles. The fourth-order valence-corrected chi connectivity index (χ4v) is 2.01. The Balaban J connectivity index is 3.25. The van der Waals surface area contributed by atoms with Crippen LogP contribution in [0.1, 0.15) is 0 Å². The van der Waals surface area contributed by atoms with Gasteiger partial charge in [0.2, 0.25) is 0 Å². The second-order valence-corrected chi connectivity index (χ2v) is 3.90. The highest BCUT2D eigenvalue weighted by atomic mass is 79.9. The lowest BCUT2D eigenvalue weighted by Crippen LogP contribution is -1.80. The molecule has 0 aliphatic rings. The van der Waals surface area contributed by atoms with Crippen LogP contribution >= 0.6 is 39.3 Å². The van der Waals surface area contributed by atoms with E-state index in [1.807, 2.05) is 6.26 Å². The molecule has 0 saturated heterocycles. The van der Waals surface area contributed by atoms with Crippen molar-refractivity contribution in [1.82, 2.24) is 0 Å². The Morgan fingerprint density at radius 3 is 2.73 bits per heavy atom. The molecular formula is C7H5BrClFS. The molecule has 0 bridgehead atoms. The molecule has 1 aromatic carbocycles. The summed E-state index contributed by atoms with van der Waals surface area (Å²) in [6, 6.07) is 3.05. The average Bonchev–Trinajstić information content (AvgIpc) is 2.01. The minimum absolute atomic E-state index is 0.326. The van der Waals surface area contributed by atoms with Crippen molar-refractivity contribution < 1.29 is 4.39 Å². The van der Waals surface area contributed by atoms with E-state index in [2.05, 4.69) is 15.9 Å². The van der Waals surface area contributed by atoms with E-state index in [-0.39, 0.29) is 5.82 Å². The van der Waals surface area contributed by atoms with Crippen LogP contribution in [0, 0.1) is 5.82 Å². The van der Waals surface area contributed by atoms with Gasteiger partial charge in [0, 0.05) is 4.90 Å². The molecule has 0 aliphatic carbocycles. The molecule has 4 heteroatoms. The van der Waals surface area contributed by atoms with Crippen LogP contribution in [0.15, 0.2) is 21.5 Å². The summed E-state index contributed by atoms with van der Waals surface area (Å²) in [6.45, 7) is 0. The molecule has 0 aliphatic heterocycles. The predicted molar refractivity (Wildman–Crippen MR) is 50.9 cm³/mol. The van der Waals surface area contributed by atoms with Gasteiger partial charge in [0.1, 0.15) is 5.82 Å². The van der Waals surface area contributed by atoms with Gasteiger partial charge in [-0.2, -0.15) is 0 Å². The maximum absolute atomic E-state index is 12.8. The van der Waals surface area contributed by atoms with E-state index in [0.717, 1.165) is 4.90 Å². The van der Waals surface area contributed by atoms with E-state index >= 15 is 0 Å². The fraction of sp³-hybridized carbons (Fsp3) is 0.143. The molecule has 0 atom stereocenters. The maximum atomic E-state index is 12.8. The third kappa shape index (κ3) is 1.89. The molecule has 11 heavy (non-hydrogen) atoms. The van der Waals surface area contributed by atoms with Crippen LogP contribution in [0.2, 0.25) is 5.02 Å². The van der Waals surface area contributed by atoms with Gasteiger partial charge in [-0.05, 0) is 34.3 Å². The van der Waals surface area contributed by atoms with Crippen LogP contribution in [-0.2, 0) is 0 Å². The smallest absolute Gasteiger partial charge is 0.138 e. The van der Waals surface area contributed by atoms with Crippen molar-refractivity contribution in [3.63, 3.8) is 0 Å². The number of thioether (sulfide) groups is 1. The Hall–Kier alpha value is 0.270. The van der Waals surface area contributed by atoms with Crippen molar-refractivity contribution >= 4 is 39.3 Å². The molecular weight excluding hydrogens is 250 g/mol. The van der Waals surface area contributed by atoms with Crippen LogP contribution in [0.3, 0.4) is 0 Å². The number of benzene rings is 1. The van der Waals surface area contributed by atoms with Gasteiger partial charge in [-0.1, -0.05) is 11.6 Å². The van der Waals surface area contributed by atoms with Gasteiger partial charge in [-0.3, -0.25) is 0 Å². The zero-order valence-corrected chi connectivity index (χ0v) is 8.86. The van der Waals surface area contributed by atoms with Crippen molar-refractivity contribution in [3.05, 3.63) is 27.4 Å². The van der Waals surface area contributed by atoms with Crippen LogP contribution < -0.4 is 0 Å². The lowest BCUT2D eigenvalue weighted by molar-refractivity contribution is 0.620. The first kappa shape index (κ1) is 9.36. The summed E-state index contributed by atoms with van der Waals surface area (Å²) in [5, 5.41) is 0.442. The molecule has 1 aromatic rings. The van der Waals surface area contributed by atoms with E-state index in [0.29, 0.717) is 9.50 Å². The minimum atomic E-state index is -0.326. The largest absolute Gasteiger partial charge is 0.206 e. The Morgan fingerprint density at radius 1 is 1.55 bits per heavy atom. The van der Waals surface area contributed by atoms with Crippen molar-refractivity contribution in [2.24, 2.45) is 0 Å². The van der Waals surface area contributed by atoms with E-state index in [1.165, 1.54) is 17.8 Å². The molecule has 0 fully saturated rings. The minimum Gasteiger partial charge on any atom is -0.206 e. The van der Waals surface area contributed by atoms with Gasteiger partial charge in [0.25, 0.3) is 0 Å². The highest BCUT2D eigenvalue weighted by Crippen LogP contribution is 2.33. The molecule has 0 saturated carbocycles. The SMILES string of the molecule is CSc1ccc(F)c(Br)c1Cl. The Kier molecular flexibility index (Phi) is 3.22. The van der Waals surface area contributed by atoms with Gasteiger partial charge < -0.3 is 0 Å². The lowest BCUT2D eigenvalue weighted by atomic mass is 10.3. The van der Waals surface area contributed by atoms with Gasteiger partial charge in [-0.15, -0.1) is 11.8 Å². The lowest BCUT2D eigenvalue weighted by Gasteiger charge is -2.02. The molecule has 1 rings (SSSR count). The van der Waals surface area contributed by atoms with Gasteiger partial charge in [-0.25, -0.2) is 4.39 Å². The summed E-state index contributed by atoms with van der Waals surface area (Å²) in [6.07, 6.45) is 1.89. The van der Waals surface area contributed by atoms with E-state index in [1.54, 1.807) is 6.07 Å². The molecule has 0 unspecified atom stereocenters. The van der Waals surface area contributed by atoms with E-state index < -0.39 is 0 Å². The standard InChI is InChI=1S/C7H5BrClFS/c1-11-5-3-2-4(10)6(8)7(5)9/h2-3H,1H3. The predicted octanol–water partition coefficient (Wildman–Crippen LogP) is 3.96. The summed E-state index contributed by atoms with van der Waals surface area (Å²) in [7, 11) is 0. The summed E-state index contributed by atoms with van der Waals surface area (Å²) < 4.78 is 13.1. The van der Waals surface area contributed by atoms with Crippen LogP contribution in [0.25, 0.3) is 0 Å². The fourth-order valence-electron chi connectivity index (χ4n) is 0.666. The van der Waals surface area contributed by atoms with Crippen molar-refractivity contribution in [3.8, 4) is 0 Å². The quantitative estimate of drug-likeness (QED) is 0.541. The third-order valence-electron chi connectivity index (χ3n) is 1.22.